The third-order valence-electron chi connectivity index (χ3n) is 7.95. The Bertz CT molecular complexity index is 1420. The van der Waals surface area contributed by atoms with E-state index in [1.807, 2.05) is 19.9 Å². The van der Waals surface area contributed by atoms with Gasteiger partial charge in [-0.2, -0.15) is 0 Å². The van der Waals surface area contributed by atoms with Crippen LogP contribution in [-0.4, -0.2) is 56.3 Å². The Morgan fingerprint density at radius 1 is 1.00 bits per heavy atom. The number of methoxy groups -OCH3 is 3. The molecule has 0 aliphatic heterocycles. The molecule has 0 radical (unpaired) electrons. The van der Waals surface area contributed by atoms with Crippen LogP contribution in [0.15, 0.2) is 29.1 Å². The number of carbonyl (C=O) groups excluding carboxylic acids is 2. The molecule has 4 N–H and O–H groups in total. The average Bonchev–Trinajstić information content (AvgIpc) is 3.20. The van der Waals surface area contributed by atoms with Crippen molar-refractivity contribution in [2.75, 3.05) is 26.6 Å². The normalized spacial score (nSPS) is 16.0. The molecule has 0 heterocycles. The van der Waals surface area contributed by atoms with Gasteiger partial charge in [0.25, 0.3) is 0 Å². The number of nitrogens with one attached hydrogen (secondary N) is 3. The maximum Gasteiger partial charge on any atom is 0.326 e. The van der Waals surface area contributed by atoms with Crippen molar-refractivity contribution in [3.63, 3.8) is 0 Å². The standard InChI is InChI=1S/C32H43N3O8/c1-9-17(4)28(31(38)35-27(16(2)3)32(39)40)34-23-13-11-20-21(15-24(23)37)22(33-18(5)36)12-10-19-14-25(41-6)29(42-7)30(43-8)26(19)20/h11,13-17,22,27-28H,9-10,12H2,1-8H3,(H,33,36)(H,34,37)(H,35,38)(H,39,40). The van der Waals surface area contributed by atoms with Crippen LogP contribution >= 0.6 is 0 Å². The number of fused-ring (bicyclic) bond motifs is 3. The summed E-state index contributed by atoms with van der Waals surface area (Å²) in [5, 5.41) is 18.3. The smallest absolute Gasteiger partial charge is 0.326 e. The molecule has 2 amide bonds. The number of benzene rings is 1. The Labute approximate surface area is 252 Å². The van der Waals surface area contributed by atoms with Crippen molar-refractivity contribution in [1.82, 2.24) is 10.6 Å². The first-order chi connectivity index (χ1) is 20.4. The Hall–Kier alpha value is -4.28. The molecule has 43 heavy (non-hydrogen) atoms. The lowest BCUT2D eigenvalue weighted by molar-refractivity contribution is -0.143. The van der Waals surface area contributed by atoms with Crippen molar-refractivity contribution < 1.29 is 33.7 Å². The van der Waals surface area contributed by atoms with Crippen LogP contribution in [0.3, 0.4) is 0 Å². The summed E-state index contributed by atoms with van der Waals surface area (Å²) in [7, 11) is 4.58. The van der Waals surface area contributed by atoms with Crippen LogP contribution in [0.4, 0.5) is 5.69 Å². The molecule has 234 valence electrons. The van der Waals surface area contributed by atoms with Gasteiger partial charge in [0.05, 0.1) is 33.1 Å². The summed E-state index contributed by atoms with van der Waals surface area (Å²) in [5.41, 5.74) is 2.62. The fourth-order valence-electron chi connectivity index (χ4n) is 5.45. The van der Waals surface area contributed by atoms with Gasteiger partial charge in [0.1, 0.15) is 12.1 Å². The van der Waals surface area contributed by atoms with Gasteiger partial charge in [-0.1, -0.05) is 40.2 Å². The van der Waals surface area contributed by atoms with Crippen molar-refractivity contribution in [1.29, 1.82) is 0 Å². The Morgan fingerprint density at radius 2 is 1.67 bits per heavy atom. The van der Waals surface area contributed by atoms with Crippen LogP contribution in [0.5, 0.6) is 17.2 Å². The first-order valence-electron chi connectivity index (χ1n) is 14.5. The van der Waals surface area contributed by atoms with Gasteiger partial charge in [0.15, 0.2) is 11.5 Å². The fourth-order valence-corrected chi connectivity index (χ4v) is 5.45. The largest absolute Gasteiger partial charge is 0.493 e. The van der Waals surface area contributed by atoms with Crippen LogP contribution in [0, 0.1) is 11.8 Å². The van der Waals surface area contributed by atoms with E-state index in [1.165, 1.54) is 27.2 Å². The third-order valence-corrected chi connectivity index (χ3v) is 7.95. The van der Waals surface area contributed by atoms with Gasteiger partial charge in [0, 0.05) is 12.5 Å². The summed E-state index contributed by atoms with van der Waals surface area (Å²) in [6, 6.07) is 4.29. The van der Waals surface area contributed by atoms with E-state index in [2.05, 4.69) is 16.0 Å². The Balaban J connectivity index is 2.23. The minimum Gasteiger partial charge on any atom is -0.493 e. The molecule has 4 unspecified atom stereocenters. The zero-order chi connectivity index (χ0) is 32.0. The molecule has 0 aromatic heterocycles. The molecular weight excluding hydrogens is 554 g/mol. The number of hydrogen-bond acceptors (Lipinski definition) is 8. The lowest BCUT2D eigenvalue weighted by Crippen LogP contribution is -2.52. The second kappa shape index (κ2) is 14.3. The second-order valence-electron chi connectivity index (χ2n) is 11.2. The first-order valence-corrected chi connectivity index (χ1v) is 14.5. The summed E-state index contributed by atoms with van der Waals surface area (Å²) in [6.45, 7) is 8.63. The molecule has 3 rings (SSSR count). The zero-order valence-corrected chi connectivity index (χ0v) is 26.1. The lowest BCUT2D eigenvalue weighted by atomic mass is 9.95. The quantitative estimate of drug-likeness (QED) is 0.285. The predicted octanol–water partition coefficient (Wildman–Crippen LogP) is 3.92. The molecule has 2 aromatic rings. The Kier molecular flexibility index (Phi) is 11.0. The molecule has 0 fully saturated rings. The van der Waals surface area contributed by atoms with Gasteiger partial charge in [-0.05, 0) is 59.6 Å². The monoisotopic (exact) mass is 597 g/mol. The number of carboxylic acid groups (broad SMARTS) is 1. The molecule has 11 nitrogen and oxygen atoms in total. The number of hydrogen-bond donors (Lipinski definition) is 4. The molecule has 4 atom stereocenters. The van der Waals surface area contributed by atoms with E-state index >= 15 is 0 Å². The number of anilines is 1. The highest BCUT2D eigenvalue weighted by Gasteiger charge is 2.32. The highest BCUT2D eigenvalue weighted by atomic mass is 16.5. The summed E-state index contributed by atoms with van der Waals surface area (Å²) >= 11 is 0. The topological polar surface area (TPSA) is 152 Å². The SMILES string of the molecule is CCC(C)C(Nc1ccc2c(cc1=O)C(NC(C)=O)CCc1cc(OC)c(OC)c(OC)c1-2)C(=O)NC(C(=O)O)C(C)C. The molecule has 2 aromatic carbocycles. The minimum absolute atomic E-state index is 0.160. The van der Waals surface area contributed by atoms with E-state index in [0.29, 0.717) is 53.2 Å². The molecule has 1 aliphatic rings. The summed E-state index contributed by atoms with van der Waals surface area (Å²) in [6.07, 6.45) is 1.67. The number of amides is 2. The molecule has 0 spiro atoms. The second-order valence-corrected chi connectivity index (χ2v) is 11.2. The van der Waals surface area contributed by atoms with E-state index in [1.54, 1.807) is 33.1 Å². The van der Waals surface area contributed by atoms with Gasteiger partial charge in [-0.15, -0.1) is 0 Å². The molecular formula is C32H43N3O8. The number of aryl methyl sites for hydroxylation is 1. The first kappa shape index (κ1) is 33.2. The van der Waals surface area contributed by atoms with Gasteiger partial charge in [-0.3, -0.25) is 14.4 Å². The number of carboxylic acids is 1. The molecule has 11 heteroatoms. The Morgan fingerprint density at radius 3 is 2.21 bits per heavy atom. The number of carbonyl (C=O) groups is 3. The van der Waals surface area contributed by atoms with Gasteiger partial charge in [-0.25, -0.2) is 4.79 Å². The van der Waals surface area contributed by atoms with E-state index in [9.17, 15) is 24.3 Å². The minimum atomic E-state index is -1.13. The van der Waals surface area contributed by atoms with Crippen LogP contribution in [-0.2, 0) is 20.8 Å². The van der Waals surface area contributed by atoms with Gasteiger partial charge >= 0.3 is 5.97 Å². The van der Waals surface area contributed by atoms with Crippen LogP contribution < -0.4 is 35.6 Å². The van der Waals surface area contributed by atoms with Crippen molar-refractivity contribution in [2.45, 2.75) is 72.0 Å². The van der Waals surface area contributed by atoms with Crippen molar-refractivity contribution in [2.24, 2.45) is 11.8 Å². The van der Waals surface area contributed by atoms with Crippen molar-refractivity contribution >= 4 is 23.5 Å². The highest BCUT2D eigenvalue weighted by Crippen LogP contribution is 2.50. The average molecular weight is 598 g/mol. The van der Waals surface area contributed by atoms with Gasteiger partial charge in [0.2, 0.25) is 23.0 Å². The summed E-state index contributed by atoms with van der Waals surface area (Å²) in [4.78, 5) is 51.1. The molecule has 0 bridgehead atoms. The van der Waals surface area contributed by atoms with Crippen molar-refractivity contribution in [3.8, 4) is 28.4 Å². The molecule has 0 saturated carbocycles. The maximum absolute atomic E-state index is 13.8. The van der Waals surface area contributed by atoms with Crippen LogP contribution in [0.25, 0.3) is 11.1 Å². The van der Waals surface area contributed by atoms with E-state index in [4.69, 9.17) is 14.2 Å². The number of rotatable bonds is 12. The fraction of sp³-hybridized carbons (Fsp3) is 0.500. The lowest BCUT2D eigenvalue weighted by Gasteiger charge is -2.27. The highest BCUT2D eigenvalue weighted by molar-refractivity contribution is 5.89. The van der Waals surface area contributed by atoms with Gasteiger partial charge < -0.3 is 35.3 Å². The van der Waals surface area contributed by atoms with Crippen LogP contribution in [0.2, 0.25) is 0 Å². The number of aliphatic carboxylic acids is 1. The predicted molar refractivity (Wildman–Crippen MR) is 164 cm³/mol. The summed E-state index contributed by atoms with van der Waals surface area (Å²) < 4.78 is 17.0. The molecule has 0 saturated heterocycles. The zero-order valence-electron chi connectivity index (χ0n) is 26.1. The van der Waals surface area contributed by atoms with E-state index in [0.717, 1.165) is 5.56 Å². The molecule has 1 aliphatic carbocycles. The van der Waals surface area contributed by atoms with E-state index < -0.39 is 30.0 Å². The van der Waals surface area contributed by atoms with Crippen LogP contribution in [0.1, 0.15) is 64.6 Å². The number of ether oxygens (including phenoxy) is 3. The summed E-state index contributed by atoms with van der Waals surface area (Å²) in [5.74, 6) is -1.13. The third kappa shape index (κ3) is 7.21. The van der Waals surface area contributed by atoms with E-state index in [-0.39, 0.29) is 28.9 Å². The van der Waals surface area contributed by atoms with Crippen molar-refractivity contribution in [3.05, 3.63) is 45.6 Å². The maximum atomic E-state index is 13.8.